The lowest BCUT2D eigenvalue weighted by molar-refractivity contribution is -0.0867. The van der Waals surface area contributed by atoms with E-state index < -0.39 is 10.0 Å². The molecule has 0 N–H and O–H groups in total. The minimum atomic E-state index is -3.12. The molecule has 3 rings (SSSR count). The smallest absolute Gasteiger partial charge is 0.211 e. The molecule has 0 amide bonds. The van der Waals surface area contributed by atoms with E-state index in [9.17, 15) is 8.42 Å². The number of rotatable bonds is 2. The standard InChI is InChI=1S/C11H15NO3S/c1-16(13,14)12-8-11(5-3-6-11)10(12)9-4-2-7-15-9/h2,4,7,10H,3,5-6,8H2,1H3. The van der Waals surface area contributed by atoms with Crippen LogP contribution in [0.1, 0.15) is 31.1 Å². The van der Waals surface area contributed by atoms with Crippen molar-refractivity contribution in [3.8, 4) is 0 Å². The van der Waals surface area contributed by atoms with E-state index in [1.54, 1.807) is 10.6 Å². The normalized spacial score (nSPS) is 28.7. The van der Waals surface area contributed by atoms with Crippen LogP contribution in [0.2, 0.25) is 0 Å². The van der Waals surface area contributed by atoms with E-state index in [1.807, 2.05) is 12.1 Å². The molecule has 1 aromatic rings. The minimum Gasteiger partial charge on any atom is -0.468 e. The zero-order valence-corrected chi connectivity index (χ0v) is 10.0. The predicted octanol–water partition coefficient (Wildman–Crippen LogP) is 1.77. The SMILES string of the molecule is CS(=O)(=O)N1CC2(CCC2)C1c1ccco1. The largest absolute Gasteiger partial charge is 0.468 e. The summed E-state index contributed by atoms with van der Waals surface area (Å²) < 4.78 is 30.2. The molecule has 1 spiro atoms. The summed E-state index contributed by atoms with van der Waals surface area (Å²) in [6.07, 6.45) is 6.32. The van der Waals surface area contributed by atoms with E-state index in [0.29, 0.717) is 6.54 Å². The Kier molecular flexibility index (Phi) is 2.01. The van der Waals surface area contributed by atoms with E-state index in [-0.39, 0.29) is 11.5 Å². The molecule has 1 unspecified atom stereocenters. The maximum Gasteiger partial charge on any atom is 0.211 e. The van der Waals surface area contributed by atoms with Gasteiger partial charge in [0.1, 0.15) is 5.76 Å². The summed E-state index contributed by atoms with van der Waals surface area (Å²) in [5, 5.41) is 0. The van der Waals surface area contributed by atoms with E-state index in [0.717, 1.165) is 18.6 Å². The molecule has 88 valence electrons. The minimum absolute atomic E-state index is 0.0637. The van der Waals surface area contributed by atoms with Crippen LogP contribution in [0.3, 0.4) is 0 Å². The fourth-order valence-corrected chi connectivity index (χ4v) is 4.14. The molecular weight excluding hydrogens is 226 g/mol. The third kappa shape index (κ3) is 1.28. The fourth-order valence-electron chi connectivity index (χ4n) is 2.94. The Morgan fingerprint density at radius 3 is 2.69 bits per heavy atom. The summed E-state index contributed by atoms with van der Waals surface area (Å²) in [4.78, 5) is 0. The Morgan fingerprint density at radius 2 is 2.25 bits per heavy atom. The molecule has 0 bridgehead atoms. The van der Waals surface area contributed by atoms with Crippen LogP contribution in [0.25, 0.3) is 0 Å². The van der Waals surface area contributed by atoms with Crippen LogP contribution < -0.4 is 0 Å². The molecule has 4 nitrogen and oxygen atoms in total. The molecule has 2 fully saturated rings. The predicted molar refractivity (Wildman–Crippen MR) is 59.3 cm³/mol. The van der Waals surface area contributed by atoms with Crippen LogP contribution >= 0.6 is 0 Å². The van der Waals surface area contributed by atoms with E-state index in [2.05, 4.69) is 0 Å². The highest BCUT2D eigenvalue weighted by Gasteiger charge is 2.60. The first-order chi connectivity index (χ1) is 7.53. The van der Waals surface area contributed by atoms with Gasteiger partial charge < -0.3 is 4.42 Å². The molecule has 16 heavy (non-hydrogen) atoms. The second-order valence-corrected chi connectivity index (χ2v) is 6.88. The molecule has 0 aromatic carbocycles. The average molecular weight is 241 g/mol. The number of hydrogen-bond acceptors (Lipinski definition) is 3. The van der Waals surface area contributed by atoms with Gasteiger partial charge in [-0.15, -0.1) is 0 Å². The fraction of sp³-hybridized carbons (Fsp3) is 0.636. The van der Waals surface area contributed by atoms with Crippen molar-refractivity contribution in [3.05, 3.63) is 24.2 Å². The number of sulfonamides is 1. The van der Waals surface area contributed by atoms with Crippen molar-refractivity contribution in [1.29, 1.82) is 0 Å². The van der Waals surface area contributed by atoms with Crippen molar-refractivity contribution in [1.82, 2.24) is 4.31 Å². The van der Waals surface area contributed by atoms with Crippen LogP contribution in [0.5, 0.6) is 0 Å². The van der Waals surface area contributed by atoms with E-state index >= 15 is 0 Å². The van der Waals surface area contributed by atoms with Crippen molar-refractivity contribution in [2.24, 2.45) is 5.41 Å². The Bertz CT molecular complexity index is 487. The molecule has 1 aliphatic heterocycles. The van der Waals surface area contributed by atoms with Gasteiger partial charge >= 0.3 is 0 Å². The quantitative estimate of drug-likeness (QED) is 0.793. The zero-order valence-electron chi connectivity index (χ0n) is 9.22. The Labute approximate surface area is 95.3 Å². The van der Waals surface area contributed by atoms with Crippen molar-refractivity contribution >= 4 is 10.0 Å². The first kappa shape index (κ1) is 10.4. The summed E-state index contributed by atoms with van der Waals surface area (Å²) in [6.45, 7) is 0.664. The van der Waals surface area contributed by atoms with Crippen molar-refractivity contribution in [3.63, 3.8) is 0 Å². The Balaban J connectivity index is 1.96. The lowest BCUT2D eigenvalue weighted by Gasteiger charge is -2.60. The number of hydrogen-bond donors (Lipinski definition) is 0. The van der Waals surface area contributed by atoms with Crippen LogP contribution in [0, 0.1) is 5.41 Å². The number of furan rings is 1. The third-order valence-electron chi connectivity index (χ3n) is 3.93. The van der Waals surface area contributed by atoms with Gasteiger partial charge in [0.15, 0.2) is 0 Å². The lowest BCUT2D eigenvalue weighted by Crippen LogP contribution is -2.62. The van der Waals surface area contributed by atoms with Gasteiger partial charge in [-0.3, -0.25) is 0 Å². The molecule has 2 aliphatic rings. The van der Waals surface area contributed by atoms with E-state index in [1.165, 1.54) is 12.7 Å². The molecule has 0 radical (unpaired) electrons. The topological polar surface area (TPSA) is 50.5 Å². The summed E-state index contributed by atoms with van der Waals surface area (Å²) in [5.74, 6) is 0.788. The lowest BCUT2D eigenvalue weighted by atomic mass is 9.58. The molecule has 5 heteroatoms. The second kappa shape index (κ2) is 3.11. The maximum atomic E-state index is 11.6. The van der Waals surface area contributed by atoms with E-state index in [4.69, 9.17) is 4.42 Å². The molecular formula is C11H15NO3S. The first-order valence-corrected chi connectivity index (χ1v) is 7.38. The molecule has 1 atom stereocenters. The van der Waals surface area contributed by atoms with Gasteiger partial charge in [0.05, 0.1) is 18.6 Å². The third-order valence-corrected chi connectivity index (χ3v) is 5.12. The molecule has 1 aromatic heterocycles. The molecule has 1 aliphatic carbocycles. The maximum absolute atomic E-state index is 11.6. The monoisotopic (exact) mass is 241 g/mol. The summed E-state index contributed by atoms with van der Waals surface area (Å²) in [5.41, 5.74) is 0.168. The highest BCUT2D eigenvalue weighted by Crippen LogP contribution is 2.61. The second-order valence-electron chi connectivity index (χ2n) is 4.94. The van der Waals surface area contributed by atoms with Gasteiger partial charge in [-0.25, -0.2) is 8.42 Å². The van der Waals surface area contributed by atoms with Crippen LogP contribution in [-0.2, 0) is 10.0 Å². The van der Waals surface area contributed by atoms with Crippen LogP contribution in [0.4, 0.5) is 0 Å². The summed E-state index contributed by atoms with van der Waals surface area (Å²) in [7, 11) is -3.12. The number of nitrogens with zero attached hydrogens (tertiary/aromatic N) is 1. The van der Waals surface area contributed by atoms with Gasteiger partial charge in [-0.05, 0) is 25.0 Å². The van der Waals surface area contributed by atoms with Crippen molar-refractivity contribution < 1.29 is 12.8 Å². The van der Waals surface area contributed by atoms with Crippen molar-refractivity contribution in [2.45, 2.75) is 25.3 Å². The van der Waals surface area contributed by atoms with Crippen molar-refractivity contribution in [2.75, 3.05) is 12.8 Å². The van der Waals surface area contributed by atoms with Gasteiger partial charge in [0, 0.05) is 12.0 Å². The molecule has 1 saturated carbocycles. The summed E-state index contributed by atoms with van der Waals surface area (Å²) >= 11 is 0. The summed E-state index contributed by atoms with van der Waals surface area (Å²) in [6, 6.07) is 3.63. The zero-order chi connectivity index (χ0) is 11.4. The highest BCUT2D eigenvalue weighted by atomic mass is 32.2. The van der Waals surface area contributed by atoms with Gasteiger partial charge in [0.2, 0.25) is 10.0 Å². The van der Waals surface area contributed by atoms with Gasteiger partial charge in [-0.2, -0.15) is 4.31 Å². The molecule has 1 saturated heterocycles. The first-order valence-electron chi connectivity index (χ1n) is 5.53. The van der Waals surface area contributed by atoms with Crippen LogP contribution in [-0.4, -0.2) is 25.5 Å². The van der Waals surface area contributed by atoms with Crippen LogP contribution in [0.15, 0.2) is 22.8 Å². The Hall–Kier alpha value is -0.810. The average Bonchev–Trinajstić information content (AvgIpc) is 2.49. The highest BCUT2D eigenvalue weighted by molar-refractivity contribution is 7.88. The molecule has 2 heterocycles. The van der Waals surface area contributed by atoms with Gasteiger partial charge in [0.25, 0.3) is 0 Å². The van der Waals surface area contributed by atoms with Gasteiger partial charge in [-0.1, -0.05) is 6.42 Å². The Morgan fingerprint density at radius 1 is 1.50 bits per heavy atom.